The Hall–Kier alpha value is -4.32. The van der Waals surface area contributed by atoms with E-state index >= 15 is 0 Å². The second kappa shape index (κ2) is 9.27. The number of aromatic amines is 1. The highest BCUT2D eigenvalue weighted by atomic mass is 16.5. The van der Waals surface area contributed by atoms with Crippen molar-refractivity contribution in [1.29, 1.82) is 0 Å². The van der Waals surface area contributed by atoms with E-state index < -0.39 is 0 Å². The van der Waals surface area contributed by atoms with Crippen molar-refractivity contribution in [1.82, 2.24) is 9.55 Å². The van der Waals surface area contributed by atoms with E-state index in [0.29, 0.717) is 28.3 Å². The number of ketones is 1. The molecular formula is C28H26N2O4. The van der Waals surface area contributed by atoms with E-state index in [2.05, 4.69) is 37.9 Å². The quantitative estimate of drug-likeness (QED) is 0.303. The van der Waals surface area contributed by atoms with E-state index in [-0.39, 0.29) is 17.2 Å². The van der Waals surface area contributed by atoms with Gasteiger partial charge in [0.15, 0.2) is 17.3 Å². The number of rotatable bonds is 6. The fourth-order valence-corrected chi connectivity index (χ4v) is 3.80. The third-order valence-electron chi connectivity index (χ3n) is 6.00. The zero-order chi connectivity index (χ0) is 24.4. The van der Waals surface area contributed by atoms with Gasteiger partial charge in [0.25, 0.3) is 0 Å². The van der Waals surface area contributed by atoms with Gasteiger partial charge in [0.2, 0.25) is 0 Å². The molecule has 172 valence electrons. The van der Waals surface area contributed by atoms with Crippen LogP contribution >= 0.6 is 0 Å². The van der Waals surface area contributed by atoms with Crippen molar-refractivity contribution in [2.45, 2.75) is 20.8 Å². The molecule has 34 heavy (non-hydrogen) atoms. The van der Waals surface area contributed by atoms with Crippen molar-refractivity contribution < 1.29 is 14.6 Å². The number of aromatic hydroxyl groups is 1. The Labute approximate surface area is 197 Å². The number of imidazole rings is 1. The number of carbonyl (C=O) groups excluding carboxylic acids is 1. The maximum Gasteiger partial charge on any atom is 0.330 e. The number of aromatic nitrogens is 2. The monoisotopic (exact) mass is 454 g/mol. The number of allylic oxidation sites excluding steroid dienone is 1. The maximum atomic E-state index is 12.8. The lowest BCUT2D eigenvalue weighted by Gasteiger charge is -2.07. The van der Waals surface area contributed by atoms with Crippen molar-refractivity contribution in [3.05, 3.63) is 105 Å². The number of hydrogen-bond donors (Lipinski definition) is 2. The van der Waals surface area contributed by atoms with E-state index in [1.807, 2.05) is 0 Å². The van der Waals surface area contributed by atoms with Crippen molar-refractivity contribution in [3.8, 4) is 28.4 Å². The second-order valence-electron chi connectivity index (χ2n) is 8.26. The molecule has 0 aliphatic heterocycles. The summed E-state index contributed by atoms with van der Waals surface area (Å²) in [7, 11) is 1.47. The highest BCUT2D eigenvalue weighted by Crippen LogP contribution is 2.27. The number of phenols is 1. The van der Waals surface area contributed by atoms with Crippen LogP contribution in [-0.4, -0.2) is 27.6 Å². The molecule has 0 bridgehead atoms. The number of H-pyrrole nitrogens is 1. The fourth-order valence-electron chi connectivity index (χ4n) is 3.80. The summed E-state index contributed by atoms with van der Waals surface area (Å²) >= 11 is 0. The van der Waals surface area contributed by atoms with Crippen LogP contribution in [0, 0.1) is 20.8 Å². The van der Waals surface area contributed by atoms with Crippen molar-refractivity contribution in [3.63, 3.8) is 0 Å². The van der Waals surface area contributed by atoms with Crippen LogP contribution < -0.4 is 10.4 Å². The van der Waals surface area contributed by atoms with Gasteiger partial charge in [-0.1, -0.05) is 24.3 Å². The van der Waals surface area contributed by atoms with Crippen molar-refractivity contribution >= 4 is 11.9 Å². The summed E-state index contributed by atoms with van der Waals surface area (Å²) in [5, 5.41) is 9.72. The van der Waals surface area contributed by atoms with E-state index in [9.17, 15) is 14.7 Å². The summed E-state index contributed by atoms with van der Waals surface area (Å²) in [4.78, 5) is 28.4. The predicted octanol–water partition coefficient (Wildman–Crippen LogP) is 5.37. The summed E-state index contributed by atoms with van der Waals surface area (Å²) in [5.74, 6) is 0.159. The molecule has 6 heteroatoms. The number of benzene rings is 3. The molecule has 6 nitrogen and oxygen atoms in total. The first-order chi connectivity index (χ1) is 16.3. The minimum Gasteiger partial charge on any atom is -0.504 e. The molecule has 0 atom stereocenters. The van der Waals surface area contributed by atoms with Gasteiger partial charge in [0.1, 0.15) is 0 Å². The van der Waals surface area contributed by atoms with Gasteiger partial charge >= 0.3 is 5.69 Å². The summed E-state index contributed by atoms with van der Waals surface area (Å²) in [5.41, 5.74) is 6.70. The number of nitrogens with one attached hydrogen (secondary N) is 1. The summed E-state index contributed by atoms with van der Waals surface area (Å²) in [6, 6.07) is 15.9. The summed E-state index contributed by atoms with van der Waals surface area (Å²) in [6.45, 7) is 6.19. The standard InChI is InChI=1S/C28H26N2O4/c1-17-12-22(13-18(2)19(17)3)24-16-30(28(33)29-24)23-7-5-6-21(15-23)25(31)10-8-20-9-11-26(32)27(14-20)34-4/h5-16,32H,1-4H3,(H,29,33)/b10-8+. The third kappa shape index (κ3) is 4.57. The van der Waals surface area contributed by atoms with E-state index in [1.54, 1.807) is 48.7 Å². The van der Waals surface area contributed by atoms with E-state index in [4.69, 9.17) is 4.74 Å². The molecule has 1 aromatic heterocycles. The van der Waals surface area contributed by atoms with Gasteiger partial charge in [-0.25, -0.2) is 4.79 Å². The van der Waals surface area contributed by atoms with Gasteiger partial charge in [-0.3, -0.25) is 9.36 Å². The summed E-state index contributed by atoms with van der Waals surface area (Å²) < 4.78 is 6.61. The van der Waals surface area contributed by atoms with Gasteiger partial charge in [-0.2, -0.15) is 0 Å². The normalized spacial score (nSPS) is 11.2. The zero-order valence-corrected chi connectivity index (χ0v) is 19.5. The topological polar surface area (TPSA) is 84.3 Å². The number of phenolic OH excluding ortho intramolecular Hbond substituents is 1. The Morgan fingerprint density at radius 2 is 1.76 bits per heavy atom. The Bertz CT molecular complexity index is 1450. The third-order valence-corrected chi connectivity index (χ3v) is 6.00. The van der Waals surface area contributed by atoms with Gasteiger partial charge in [0, 0.05) is 17.3 Å². The average molecular weight is 455 g/mol. The van der Waals surface area contributed by atoms with Gasteiger partial charge in [-0.15, -0.1) is 0 Å². The number of nitrogens with zero attached hydrogens (tertiary/aromatic N) is 1. The number of hydrogen-bond acceptors (Lipinski definition) is 4. The minimum absolute atomic E-state index is 0.0333. The number of carbonyl (C=O) groups is 1. The molecule has 0 saturated carbocycles. The molecule has 0 amide bonds. The van der Waals surface area contributed by atoms with Crippen molar-refractivity contribution in [2.24, 2.45) is 0 Å². The molecule has 0 aliphatic carbocycles. The SMILES string of the molecule is COc1cc(/C=C/C(=O)c2cccc(-n3cc(-c4cc(C)c(C)c(C)c4)[nH]c3=O)c2)ccc1O. The van der Waals surface area contributed by atoms with E-state index in [1.165, 1.54) is 29.4 Å². The van der Waals surface area contributed by atoms with Gasteiger partial charge in [0.05, 0.1) is 18.5 Å². The molecule has 3 aromatic carbocycles. The van der Waals surface area contributed by atoms with Crippen LogP contribution in [0.3, 0.4) is 0 Å². The van der Waals surface area contributed by atoms with Crippen LogP contribution in [0.4, 0.5) is 0 Å². The van der Waals surface area contributed by atoms with Gasteiger partial charge in [-0.05, 0) is 85.5 Å². The lowest BCUT2D eigenvalue weighted by atomic mass is 9.99. The molecule has 0 aliphatic rings. The van der Waals surface area contributed by atoms with Crippen LogP contribution in [0.25, 0.3) is 23.0 Å². The van der Waals surface area contributed by atoms with Crippen LogP contribution in [0.1, 0.15) is 32.6 Å². The number of methoxy groups -OCH3 is 1. The minimum atomic E-state index is -0.276. The zero-order valence-electron chi connectivity index (χ0n) is 19.5. The first kappa shape index (κ1) is 22.9. The number of ether oxygens (including phenoxy) is 1. The first-order valence-electron chi connectivity index (χ1n) is 10.9. The molecule has 0 unspecified atom stereocenters. The Morgan fingerprint density at radius 3 is 2.47 bits per heavy atom. The van der Waals surface area contributed by atoms with E-state index in [0.717, 1.165) is 16.7 Å². The van der Waals surface area contributed by atoms with Crippen LogP contribution in [-0.2, 0) is 0 Å². The lowest BCUT2D eigenvalue weighted by molar-refractivity contribution is 0.104. The van der Waals surface area contributed by atoms with Crippen LogP contribution in [0.5, 0.6) is 11.5 Å². The highest BCUT2D eigenvalue weighted by Gasteiger charge is 2.11. The van der Waals surface area contributed by atoms with Crippen LogP contribution in [0.2, 0.25) is 0 Å². The average Bonchev–Trinajstić information content (AvgIpc) is 3.23. The smallest absolute Gasteiger partial charge is 0.330 e. The molecule has 0 radical (unpaired) electrons. The Balaban J connectivity index is 1.62. The molecule has 0 fully saturated rings. The highest BCUT2D eigenvalue weighted by molar-refractivity contribution is 6.07. The molecule has 4 aromatic rings. The first-order valence-corrected chi connectivity index (χ1v) is 10.9. The second-order valence-corrected chi connectivity index (χ2v) is 8.26. The number of aryl methyl sites for hydroxylation is 2. The molecule has 2 N–H and O–H groups in total. The maximum absolute atomic E-state index is 12.8. The van der Waals surface area contributed by atoms with Crippen molar-refractivity contribution in [2.75, 3.05) is 7.11 Å². The molecular weight excluding hydrogens is 428 g/mol. The van der Waals surface area contributed by atoms with Crippen LogP contribution in [0.15, 0.2) is 71.7 Å². The predicted molar refractivity (Wildman–Crippen MR) is 134 cm³/mol. The molecule has 4 rings (SSSR count). The van der Waals surface area contributed by atoms with Gasteiger partial charge < -0.3 is 14.8 Å². The largest absolute Gasteiger partial charge is 0.504 e. The molecule has 0 spiro atoms. The molecule has 1 heterocycles. The Morgan fingerprint density at radius 1 is 1.03 bits per heavy atom. The Kier molecular flexibility index (Phi) is 6.23. The lowest BCUT2D eigenvalue weighted by Crippen LogP contribution is -2.14. The summed E-state index contributed by atoms with van der Waals surface area (Å²) in [6.07, 6.45) is 4.86. The molecule has 0 saturated heterocycles. The fraction of sp³-hybridized carbons (Fsp3) is 0.143.